The summed E-state index contributed by atoms with van der Waals surface area (Å²) in [5.74, 6) is 0.223. The Bertz CT molecular complexity index is 1200. The number of thiophene rings is 1. The first-order valence-corrected chi connectivity index (χ1v) is 11.4. The van der Waals surface area contributed by atoms with Gasteiger partial charge in [-0.25, -0.2) is 4.98 Å². The maximum atomic E-state index is 11.7. The molecule has 0 aliphatic carbocycles. The van der Waals surface area contributed by atoms with E-state index >= 15 is 0 Å². The fourth-order valence-corrected chi connectivity index (χ4v) is 5.49. The van der Waals surface area contributed by atoms with E-state index in [1.54, 1.807) is 6.20 Å². The molecule has 3 aromatic rings. The highest BCUT2D eigenvalue weighted by atomic mass is 32.1. The summed E-state index contributed by atoms with van der Waals surface area (Å²) < 4.78 is 5.80. The van der Waals surface area contributed by atoms with Crippen LogP contribution >= 0.6 is 11.3 Å². The van der Waals surface area contributed by atoms with Gasteiger partial charge in [0, 0.05) is 56.1 Å². The SMILES string of the molecule is NC(=O)c1sc2nccc(N3CCCN(c4ccc5c(c4)OCCC5N=O)CC3)c2c1N. The number of primary amides is 1. The molecule has 1 saturated heterocycles. The van der Waals surface area contributed by atoms with Gasteiger partial charge in [0.25, 0.3) is 5.91 Å². The van der Waals surface area contributed by atoms with Gasteiger partial charge in [0.05, 0.1) is 23.4 Å². The first kappa shape index (κ1) is 20.5. The van der Waals surface area contributed by atoms with Gasteiger partial charge in [0.1, 0.15) is 21.5 Å². The van der Waals surface area contributed by atoms with Gasteiger partial charge in [-0.3, -0.25) is 4.79 Å². The monoisotopic (exact) mass is 452 g/mol. The lowest BCUT2D eigenvalue weighted by molar-refractivity contribution is 0.100. The second-order valence-electron chi connectivity index (χ2n) is 8.03. The molecule has 4 N–H and O–H groups in total. The number of carbonyl (C=O) groups excluding carboxylic acids is 1. The Morgan fingerprint density at radius 3 is 2.81 bits per heavy atom. The van der Waals surface area contributed by atoms with Crippen LogP contribution in [0.15, 0.2) is 35.6 Å². The lowest BCUT2D eigenvalue weighted by Gasteiger charge is -2.27. The molecule has 5 rings (SSSR count). The number of ether oxygens (including phenoxy) is 1. The van der Waals surface area contributed by atoms with Gasteiger partial charge in [-0.2, -0.15) is 4.91 Å². The van der Waals surface area contributed by atoms with Gasteiger partial charge in [-0.05, 0) is 18.6 Å². The van der Waals surface area contributed by atoms with Crippen molar-refractivity contribution < 1.29 is 9.53 Å². The van der Waals surface area contributed by atoms with Crippen LogP contribution in [0, 0.1) is 4.91 Å². The van der Waals surface area contributed by atoms with Crippen molar-refractivity contribution in [3.05, 3.63) is 45.8 Å². The molecule has 4 heterocycles. The van der Waals surface area contributed by atoms with Gasteiger partial charge in [0.15, 0.2) is 0 Å². The lowest BCUT2D eigenvalue weighted by Crippen LogP contribution is -2.31. The highest BCUT2D eigenvalue weighted by Crippen LogP contribution is 2.40. The van der Waals surface area contributed by atoms with Crippen molar-refractivity contribution in [1.82, 2.24) is 4.98 Å². The van der Waals surface area contributed by atoms with Gasteiger partial charge in [-0.1, -0.05) is 11.2 Å². The van der Waals surface area contributed by atoms with Crippen LogP contribution < -0.4 is 26.0 Å². The van der Waals surface area contributed by atoms with E-state index in [2.05, 4.69) is 20.0 Å². The van der Waals surface area contributed by atoms with Crippen LogP contribution in [0.25, 0.3) is 10.2 Å². The summed E-state index contributed by atoms with van der Waals surface area (Å²) in [6.45, 7) is 3.86. The molecule has 0 spiro atoms. The van der Waals surface area contributed by atoms with Crippen molar-refractivity contribution in [3.63, 3.8) is 0 Å². The average molecular weight is 453 g/mol. The first-order chi connectivity index (χ1) is 15.6. The number of pyridine rings is 1. The summed E-state index contributed by atoms with van der Waals surface area (Å²) in [6, 6.07) is 7.64. The van der Waals surface area contributed by atoms with Gasteiger partial charge in [0.2, 0.25) is 0 Å². The zero-order chi connectivity index (χ0) is 22.2. The lowest BCUT2D eigenvalue weighted by atomic mass is 10.0. The molecule has 166 valence electrons. The predicted octanol–water partition coefficient (Wildman–Crippen LogP) is 3.28. The molecule has 0 saturated carbocycles. The Labute approximate surface area is 188 Å². The third kappa shape index (κ3) is 3.50. The summed E-state index contributed by atoms with van der Waals surface area (Å²) in [7, 11) is 0. The van der Waals surface area contributed by atoms with Crippen LogP contribution in [-0.2, 0) is 0 Å². The van der Waals surface area contributed by atoms with Crippen LogP contribution in [0.1, 0.15) is 34.1 Å². The Kier molecular flexibility index (Phi) is 5.30. The van der Waals surface area contributed by atoms with Gasteiger partial charge >= 0.3 is 0 Å². The fraction of sp³-hybridized carbons (Fsp3) is 0.364. The highest BCUT2D eigenvalue weighted by molar-refractivity contribution is 7.21. The second kappa shape index (κ2) is 8.27. The zero-order valence-corrected chi connectivity index (χ0v) is 18.3. The van der Waals surface area contributed by atoms with E-state index < -0.39 is 5.91 Å². The summed E-state index contributed by atoms with van der Waals surface area (Å²) in [6.07, 6.45) is 3.32. The molecule has 1 atom stereocenters. The quantitative estimate of drug-likeness (QED) is 0.582. The van der Waals surface area contributed by atoms with E-state index in [1.807, 2.05) is 24.3 Å². The number of anilines is 3. The average Bonchev–Trinajstić information content (AvgIpc) is 2.98. The number of nitroso groups, excluding NO2 is 1. The smallest absolute Gasteiger partial charge is 0.260 e. The number of nitrogens with two attached hydrogens (primary N) is 2. The Balaban J connectivity index is 1.40. The molecule has 1 amide bonds. The molecule has 10 heteroatoms. The van der Waals surface area contributed by atoms with Gasteiger partial charge < -0.3 is 26.0 Å². The van der Waals surface area contributed by atoms with Crippen molar-refractivity contribution >= 4 is 44.5 Å². The van der Waals surface area contributed by atoms with Crippen molar-refractivity contribution in [1.29, 1.82) is 0 Å². The maximum absolute atomic E-state index is 11.7. The van der Waals surface area contributed by atoms with Crippen LogP contribution in [0.3, 0.4) is 0 Å². The van der Waals surface area contributed by atoms with Crippen LogP contribution in [0.2, 0.25) is 0 Å². The Morgan fingerprint density at radius 2 is 2.00 bits per heavy atom. The second-order valence-corrected chi connectivity index (χ2v) is 9.03. The van der Waals surface area contributed by atoms with E-state index in [9.17, 15) is 9.70 Å². The van der Waals surface area contributed by atoms with Crippen LogP contribution in [0.4, 0.5) is 17.1 Å². The number of amides is 1. The number of fused-ring (bicyclic) bond motifs is 2. The minimum atomic E-state index is -0.528. The van der Waals surface area contributed by atoms with Crippen molar-refractivity contribution in [2.75, 3.05) is 48.3 Å². The third-order valence-electron chi connectivity index (χ3n) is 6.16. The number of nitrogens with zero attached hydrogens (tertiary/aromatic N) is 4. The van der Waals surface area contributed by atoms with Crippen LogP contribution in [-0.4, -0.2) is 43.7 Å². The Morgan fingerprint density at radius 1 is 1.19 bits per heavy atom. The topological polar surface area (TPSA) is 127 Å². The minimum Gasteiger partial charge on any atom is -0.493 e. The number of carbonyl (C=O) groups is 1. The van der Waals surface area contributed by atoms with Gasteiger partial charge in [-0.15, -0.1) is 11.3 Å². The van der Waals surface area contributed by atoms with Crippen molar-refractivity contribution in [3.8, 4) is 5.75 Å². The molecule has 0 bridgehead atoms. The standard InChI is InChI=1S/C22H24N6O3S/c23-19-18-16(4-6-25-22(18)32-20(19)21(24)29)28-8-1-7-27(9-10-28)13-2-3-14-15(26-30)5-11-31-17(14)12-13/h2-4,6,12,15H,1,5,7-11,23H2,(H2,24,29). The fourth-order valence-electron chi connectivity index (χ4n) is 4.56. The predicted molar refractivity (Wildman–Crippen MR) is 127 cm³/mol. The Hall–Kier alpha value is -3.40. The minimum absolute atomic E-state index is 0.331. The number of aromatic nitrogens is 1. The van der Waals surface area contributed by atoms with E-state index in [1.165, 1.54) is 11.3 Å². The first-order valence-electron chi connectivity index (χ1n) is 10.6. The number of rotatable bonds is 4. The molecule has 0 radical (unpaired) electrons. The molecule has 9 nitrogen and oxygen atoms in total. The molecular formula is C22H24N6O3S. The summed E-state index contributed by atoms with van der Waals surface area (Å²) in [5.41, 5.74) is 15.1. The van der Waals surface area contributed by atoms with E-state index in [0.29, 0.717) is 23.6 Å². The zero-order valence-electron chi connectivity index (χ0n) is 17.5. The molecule has 1 aromatic carbocycles. The van der Waals surface area contributed by atoms with Crippen LogP contribution in [0.5, 0.6) is 5.75 Å². The molecular weight excluding hydrogens is 428 g/mol. The highest BCUT2D eigenvalue weighted by Gasteiger charge is 2.25. The molecule has 2 aliphatic heterocycles. The molecule has 1 unspecified atom stereocenters. The number of hydrogen-bond acceptors (Lipinski definition) is 9. The normalized spacial score (nSPS) is 18.7. The largest absolute Gasteiger partial charge is 0.493 e. The number of hydrogen-bond donors (Lipinski definition) is 2. The maximum Gasteiger partial charge on any atom is 0.260 e. The molecule has 2 aromatic heterocycles. The van der Waals surface area contributed by atoms with Crippen molar-refractivity contribution in [2.45, 2.75) is 18.9 Å². The number of benzene rings is 1. The third-order valence-corrected chi connectivity index (χ3v) is 7.29. The summed E-state index contributed by atoms with van der Waals surface area (Å²) >= 11 is 1.24. The molecule has 32 heavy (non-hydrogen) atoms. The van der Waals surface area contributed by atoms with Crippen molar-refractivity contribution in [2.24, 2.45) is 10.9 Å². The molecule has 2 aliphatic rings. The summed E-state index contributed by atoms with van der Waals surface area (Å²) in [5, 5.41) is 4.04. The van der Waals surface area contributed by atoms with E-state index in [0.717, 1.165) is 65.5 Å². The summed E-state index contributed by atoms with van der Waals surface area (Å²) in [4.78, 5) is 33.0. The number of nitrogen functional groups attached to an aromatic ring is 1. The van der Waals surface area contributed by atoms with E-state index in [4.69, 9.17) is 16.2 Å². The van der Waals surface area contributed by atoms with E-state index in [-0.39, 0.29) is 6.04 Å². The molecule has 1 fully saturated rings.